The average molecular weight is 343 g/mol. The molecule has 0 saturated carbocycles. The van der Waals surface area contributed by atoms with Crippen molar-refractivity contribution in [1.29, 1.82) is 0 Å². The fourth-order valence-corrected chi connectivity index (χ4v) is 3.46. The molecule has 24 heavy (non-hydrogen) atoms. The number of alkyl halides is 3. The van der Waals surface area contributed by atoms with Gasteiger partial charge < -0.3 is 9.80 Å². The zero-order valence-corrected chi connectivity index (χ0v) is 14.0. The number of piperidine rings is 1. The second-order valence-corrected chi connectivity index (χ2v) is 6.66. The topological polar surface area (TPSA) is 35.5 Å². The van der Waals surface area contributed by atoms with Crippen molar-refractivity contribution in [3.05, 3.63) is 18.0 Å². The molecule has 0 amide bonds. The monoisotopic (exact) mass is 343 g/mol. The molecule has 0 aliphatic carbocycles. The number of rotatable bonds is 3. The van der Waals surface area contributed by atoms with Crippen LogP contribution >= 0.6 is 0 Å². The van der Waals surface area contributed by atoms with Crippen LogP contribution in [-0.4, -0.2) is 72.1 Å². The zero-order valence-electron chi connectivity index (χ0n) is 14.0. The van der Waals surface area contributed by atoms with Crippen LogP contribution < -0.4 is 4.90 Å². The van der Waals surface area contributed by atoms with Crippen molar-refractivity contribution in [2.75, 3.05) is 51.2 Å². The van der Waals surface area contributed by atoms with Crippen LogP contribution in [0.4, 0.5) is 19.1 Å². The highest BCUT2D eigenvalue weighted by Gasteiger charge is 2.33. The molecule has 0 radical (unpaired) electrons. The molecule has 0 spiro atoms. The molecule has 2 aliphatic rings. The predicted octanol–water partition coefficient (Wildman–Crippen LogP) is 2.10. The highest BCUT2D eigenvalue weighted by atomic mass is 19.4. The minimum absolute atomic E-state index is 0.180. The highest BCUT2D eigenvalue weighted by Crippen LogP contribution is 2.28. The van der Waals surface area contributed by atoms with Crippen LogP contribution in [-0.2, 0) is 6.18 Å². The van der Waals surface area contributed by atoms with Crippen molar-refractivity contribution in [2.24, 2.45) is 0 Å². The number of nitrogens with zero attached hydrogens (tertiary/aromatic N) is 5. The Labute approximate surface area is 140 Å². The number of hydrogen-bond acceptors (Lipinski definition) is 5. The van der Waals surface area contributed by atoms with Gasteiger partial charge in [0, 0.05) is 45.0 Å². The third kappa shape index (κ3) is 4.16. The van der Waals surface area contributed by atoms with Gasteiger partial charge in [0.1, 0.15) is 5.69 Å². The predicted molar refractivity (Wildman–Crippen MR) is 86.0 cm³/mol. The summed E-state index contributed by atoms with van der Waals surface area (Å²) in [7, 11) is 2.18. The SMILES string of the molecule is CN1CCCCC1CN1CCN(c2nccc(C(F)(F)F)n2)CC1. The Hall–Kier alpha value is -1.41. The fraction of sp³-hybridized carbons (Fsp3) is 0.750. The van der Waals surface area contributed by atoms with E-state index in [0.29, 0.717) is 19.1 Å². The lowest BCUT2D eigenvalue weighted by Crippen LogP contribution is -2.52. The summed E-state index contributed by atoms with van der Waals surface area (Å²) in [6.45, 7) is 5.19. The molecule has 2 saturated heterocycles. The van der Waals surface area contributed by atoms with Crippen LogP contribution in [0.15, 0.2) is 12.3 Å². The zero-order chi connectivity index (χ0) is 17.2. The molecule has 0 bridgehead atoms. The average Bonchev–Trinajstić information content (AvgIpc) is 2.57. The van der Waals surface area contributed by atoms with E-state index in [1.54, 1.807) is 0 Å². The van der Waals surface area contributed by atoms with E-state index in [4.69, 9.17) is 0 Å². The summed E-state index contributed by atoms with van der Waals surface area (Å²) in [5.41, 5.74) is -0.876. The van der Waals surface area contributed by atoms with Gasteiger partial charge in [-0.25, -0.2) is 9.97 Å². The number of aromatic nitrogens is 2. The Kier molecular flexibility index (Phi) is 5.24. The minimum atomic E-state index is -4.43. The Morgan fingerprint density at radius 2 is 1.88 bits per heavy atom. The normalized spacial score (nSPS) is 24.3. The third-order valence-corrected chi connectivity index (χ3v) is 4.98. The molecule has 134 valence electrons. The lowest BCUT2D eigenvalue weighted by molar-refractivity contribution is -0.141. The van der Waals surface area contributed by atoms with Crippen LogP contribution in [0.1, 0.15) is 25.0 Å². The van der Waals surface area contributed by atoms with Gasteiger partial charge in [0.25, 0.3) is 0 Å². The third-order valence-electron chi connectivity index (χ3n) is 4.98. The number of piperazine rings is 1. The van der Waals surface area contributed by atoms with Crippen LogP contribution in [0, 0.1) is 0 Å². The molecular formula is C16H24F3N5. The maximum Gasteiger partial charge on any atom is 0.433 e. The first-order valence-corrected chi connectivity index (χ1v) is 8.51. The van der Waals surface area contributed by atoms with Gasteiger partial charge in [0.15, 0.2) is 0 Å². The van der Waals surface area contributed by atoms with Crippen LogP contribution in [0.25, 0.3) is 0 Å². The van der Waals surface area contributed by atoms with Gasteiger partial charge >= 0.3 is 6.18 Å². The molecule has 3 heterocycles. The second-order valence-electron chi connectivity index (χ2n) is 6.66. The van der Waals surface area contributed by atoms with Crippen LogP contribution in [0.5, 0.6) is 0 Å². The summed E-state index contributed by atoms with van der Waals surface area (Å²) in [6.07, 6.45) is 0.549. The minimum Gasteiger partial charge on any atom is -0.338 e. The smallest absolute Gasteiger partial charge is 0.338 e. The van der Waals surface area contributed by atoms with Gasteiger partial charge in [-0.15, -0.1) is 0 Å². The van der Waals surface area contributed by atoms with Gasteiger partial charge in [-0.1, -0.05) is 6.42 Å². The number of anilines is 1. The Balaban J connectivity index is 1.55. The molecule has 1 aromatic rings. The van der Waals surface area contributed by atoms with Crippen molar-refractivity contribution in [1.82, 2.24) is 19.8 Å². The van der Waals surface area contributed by atoms with Crippen molar-refractivity contribution in [3.8, 4) is 0 Å². The molecule has 1 aromatic heterocycles. The quantitative estimate of drug-likeness (QED) is 0.840. The van der Waals surface area contributed by atoms with E-state index in [0.717, 1.165) is 32.2 Å². The van der Waals surface area contributed by atoms with Gasteiger partial charge in [-0.05, 0) is 32.5 Å². The summed E-state index contributed by atoms with van der Waals surface area (Å²) in [4.78, 5) is 14.4. The van der Waals surface area contributed by atoms with Crippen molar-refractivity contribution in [2.45, 2.75) is 31.5 Å². The van der Waals surface area contributed by atoms with E-state index in [-0.39, 0.29) is 5.95 Å². The van der Waals surface area contributed by atoms with E-state index in [9.17, 15) is 13.2 Å². The van der Waals surface area contributed by atoms with Crippen LogP contribution in [0.3, 0.4) is 0 Å². The number of likely N-dealkylation sites (tertiary alicyclic amines) is 1. The van der Waals surface area contributed by atoms with Crippen molar-refractivity contribution < 1.29 is 13.2 Å². The lowest BCUT2D eigenvalue weighted by Gasteiger charge is -2.40. The number of halogens is 3. The van der Waals surface area contributed by atoms with Gasteiger partial charge in [-0.3, -0.25) is 4.90 Å². The maximum absolute atomic E-state index is 12.8. The molecule has 2 fully saturated rings. The Bertz CT molecular complexity index is 543. The molecule has 8 heteroatoms. The fourth-order valence-electron chi connectivity index (χ4n) is 3.46. The standard InChI is InChI=1S/C16H24F3N5/c1-22-7-3-2-4-13(22)12-23-8-10-24(11-9-23)15-20-6-5-14(21-15)16(17,18)19/h5-6,13H,2-4,7-12H2,1H3. The van der Waals surface area contributed by atoms with E-state index < -0.39 is 11.9 Å². The van der Waals surface area contributed by atoms with Gasteiger partial charge in [0.2, 0.25) is 5.95 Å². The van der Waals surface area contributed by atoms with E-state index in [2.05, 4.69) is 26.8 Å². The molecule has 2 aliphatic heterocycles. The molecule has 1 unspecified atom stereocenters. The first-order valence-electron chi connectivity index (χ1n) is 8.51. The first kappa shape index (κ1) is 17.4. The molecule has 1 atom stereocenters. The molecule has 5 nitrogen and oxygen atoms in total. The molecule has 0 N–H and O–H groups in total. The highest BCUT2D eigenvalue weighted by molar-refractivity contribution is 5.31. The molecular weight excluding hydrogens is 319 g/mol. The summed E-state index contributed by atoms with van der Waals surface area (Å²) in [5.74, 6) is 0.180. The Morgan fingerprint density at radius 3 is 2.54 bits per heavy atom. The van der Waals surface area contributed by atoms with Gasteiger partial charge in [-0.2, -0.15) is 13.2 Å². The summed E-state index contributed by atoms with van der Waals surface area (Å²) >= 11 is 0. The van der Waals surface area contributed by atoms with E-state index >= 15 is 0 Å². The number of hydrogen-bond donors (Lipinski definition) is 0. The largest absolute Gasteiger partial charge is 0.433 e. The van der Waals surface area contributed by atoms with Gasteiger partial charge in [0.05, 0.1) is 0 Å². The van der Waals surface area contributed by atoms with Crippen LogP contribution in [0.2, 0.25) is 0 Å². The van der Waals surface area contributed by atoms with Crippen molar-refractivity contribution in [3.63, 3.8) is 0 Å². The molecule has 3 rings (SSSR count). The Morgan fingerprint density at radius 1 is 1.12 bits per heavy atom. The van der Waals surface area contributed by atoms with E-state index in [1.165, 1.54) is 25.5 Å². The maximum atomic E-state index is 12.8. The van der Waals surface area contributed by atoms with E-state index in [1.807, 2.05) is 4.90 Å². The number of likely N-dealkylation sites (N-methyl/N-ethyl adjacent to an activating group) is 1. The lowest BCUT2D eigenvalue weighted by atomic mass is 10.0. The summed E-state index contributed by atoms with van der Waals surface area (Å²) in [6, 6.07) is 1.51. The summed E-state index contributed by atoms with van der Waals surface area (Å²) in [5, 5.41) is 0. The summed E-state index contributed by atoms with van der Waals surface area (Å²) < 4.78 is 38.3. The first-order chi connectivity index (χ1) is 11.4. The molecule has 0 aromatic carbocycles. The second kappa shape index (κ2) is 7.23. The van der Waals surface area contributed by atoms with Crippen molar-refractivity contribution >= 4 is 5.95 Å².